The first-order chi connectivity index (χ1) is 13.3. The van der Waals surface area contributed by atoms with Crippen LogP contribution in [0.1, 0.15) is 35.4 Å². The van der Waals surface area contributed by atoms with Crippen LogP contribution in [-0.4, -0.2) is 44.5 Å². The van der Waals surface area contributed by atoms with Crippen molar-refractivity contribution in [3.05, 3.63) is 57.8 Å². The van der Waals surface area contributed by atoms with Crippen LogP contribution >= 0.6 is 23.6 Å². The zero-order valence-electron chi connectivity index (χ0n) is 16.0. The lowest BCUT2D eigenvalue weighted by Crippen LogP contribution is -3.14. The SMILES string of the molecule is CCc1ccc([C@H](NC(=S)NCCC[NH+]2CCOCC2)c2cccs2)cc1. The molecule has 0 unspecified atom stereocenters. The average Bonchev–Trinajstić information content (AvgIpc) is 3.25. The summed E-state index contributed by atoms with van der Waals surface area (Å²) in [5, 5.41) is 9.75. The molecule has 2 heterocycles. The predicted octanol–water partition coefficient (Wildman–Crippen LogP) is 2.17. The Kier molecular flexibility index (Phi) is 8.08. The number of quaternary nitrogens is 1. The number of ether oxygens (including phenoxy) is 1. The van der Waals surface area contributed by atoms with Gasteiger partial charge in [0.15, 0.2) is 5.11 Å². The highest BCUT2D eigenvalue weighted by atomic mass is 32.1. The first kappa shape index (κ1) is 20.3. The van der Waals surface area contributed by atoms with E-state index in [9.17, 15) is 0 Å². The molecule has 146 valence electrons. The lowest BCUT2D eigenvalue weighted by atomic mass is 10.0. The third-order valence-electron chi connectivity index (χ3n) is 5.02. The lowest BCUT2D eigenvalue weighted by Gasteiger charge is -2.24. The minimum Gasteiger partial charge on any atom is -0.370 e. The molecule has 1 aromatic heterocycles. The van der Waals surface area contributed by atoms with Crippen LogP contribution in [0.15, 0.2) is 41.8 Å². The van der Waals surface area contributed by atoms with Crippen molar-refractivity contribution in [3.8, 4) is 0 Å². The van der Waals surface area contributed by atoms with Crippen LogP contribution in [-0.2, 0) is 11.2 Å². The predicted molar refractivity (Wildman–Crippen MR) is 117 cm³/mol. The zero-order valence-corrected chi connectivity index (χ0v) is 17.6. The molecule has 1 saturated heterocycles. The fraction of sp³-hybridized carbons (Fsp3) is 0.476. The molecule has 4 nitrogen and oxygen atoms in total. The summed E-state index contributed by atoms with van der Waals surface area (Å²) in [4.78, 5) is 2.91. The van der Waals surface area contributed by atoms with Gasteiger partial charge < -0.3 is 20.3 Å². The van der Waals surface area contributed by atoms with Gasteiger partial charge in [0, 0.05) is 17.8 Å². The maximum Gasteiger partial charge on any atom is 0.167 e. The molecule has 1 atom stereocenters. The minimum atomic E-state index is 0.0979. The van der Waals surface area contributed by atoms with Crippen LogP contribution in [0, 0.1) is 0 Å². The average molecular weight is 405 g/mol. The van der Waals surface area contributed by atoms with Crippen molar-refractivity contribution in [2.24, 2.45) is 0 Å². The Balaban J connectivity index is 1.51. The second-order valence-electron chi connectivity index (χ2n) is 6.91. The normalized spacial score (nSPS) is 16.0. The number of aryl methyl sites for hydroxylation is 1. The molecule has 6 heteroatoms. The van der Waals surface area contributed by atoms with Crippen molar-refractivity contribution in [1.29, 1.82) is 0 Å². The second kappa shape index (κ2) is 10.8. The van der Waals surface area contributed by atoms with Crippen LogP contribution in [0.5, 0.6) is 0 Å². The fourth-order valence-electron chi connectivity index (χ4n) is 3.35. The lowest BCUT2D eigenvalue weighted by molar-refractivity contribution is -0.908. The highest BCUT2D eigenvalue weighted by Gasteiger charge is 2.17. The van der Waals surface area contributed by atoms with Gasteiger partial charge in [0.2, 0.25) is 0 Å². The highest BCUT2D eigenvalue weighted by molar-refractivity contribution is 7.80. The van der Waals surface area contributed by atoms with E-state index in [1.807, 2.05) is 0 Å². The van der Waals surface area contributed by atoms with E-state index >= 15 is 0 Å². The highest BCUT2D eigenvalue weighted by Crippen LogP contribution is 2.26. The standard InChI is InChI=1S/C21H29N3OS2/c1-2-17-6-8-18(9-7-17)20(19-5-3-16-27-19)23-21(26)22-10-4-11-24-12-14-25-15-13-24/h3,5-9,16,20H,2,4,10-15H2,1H3,(H2,22,23,26)/p+1/t20-/m0/s1. The number of benzene rings is 1. The second-order valence-corrected chi connectivity index (χ2v) is 8.30. The monoisotopic (exact) mass is 404 g/mol. The molecular formula is C21H30N3OS2+. The van der Waals surface area contributed by atoms with Gasteiger partial charge >= 0.3 is 0 Å². The van der Waals surface area contributed by atoms with Crippen molar-refractivity contribution in [1.82, 2.24) is 10.6 Å². The van der Waals surface area contributed by atoms with Crippen molar-refractivity contribution < 1.29 is 9.64 Å². The van der Waals surface area contributed by atoms with E-state index < -0.39 is 0 Å². The van der Waals surface area contributed by atoms with Crippen LogP contribution in [0.4, 0.5) is 0 Å². The van der Waals surface area contributed by atoms with E-state index in [1.165, 1.54) is 22.5 Å². The Labute approximate surface area is 171 Å². The Morgan fingerprint density at radius 1 is 1.22 bits per heavy atom. The summed E-state index contributed by atoms with van der Waals surface area (Å²) in [5.74, 6) is 0. The summed E-state index contributed by atoms with van der Waals surface area (Å²) in [6.07, 6.45) is 2.18. The molecule has 0 spiro atoms. The first-order valence-electron chi connectivity index (χ1n) is 9.84. The van der Waals surface area contributed by atoms with Crippen LogP contribution in [0.3, 0.4) is 0 Å². The Hall–Kier alpha value is -1.47. The Morgan fingerprint density at radius 2 is 2.00 bits per heavy atom. The smallest absolute Gasteiger partial charge is 0.167 e. The number of nitrogens with one attached hydrogen (secondary N) is 3. The maximum atomic E-state index is 5.58. The number of rotatable bonds is 8. The van der Waals surface area contributed by atoms with Crippen LogP contribution in [0.25, 0.3) is 0 Å². The van der Waals surface area contributed by atoms with Gasteiger partial charge in [0.1, 0.15) is 13.1 Å². The van der Waals surface area contributed by atoms with Crippen molar-refractivity contribution in [3.63, 3.8) is 0 Å². The molecular weight excluding hydrogens is 374 g/mol. The first-order valence-corrected chi connectivity index (χ1v) is 11.1. The van der Waals surface area contributed by atoms with E-state index in [0.717, 1.165) is 50.8 Å². The van der Waals surface area contributed by atoms with Crippen molar-refractivity contribution >= 4 is 28.7 Å². The topological polar surface area (TPSA) is 37.7 Å². The van der Waals surface area contributed by atoms with Crippen molar-refractivity contribution in [2.45, 2.75) is 25.8 Å². The van der Waals surface area contributed by atoms with Gasteiger partial charge in [0.05, 0.1) is 25.8 Å². The van der Waals surface area contributed by atoms with Crippen LogP contribution < -0.4 is 15.5 Å². The summed E-state index contributed by atoms with van der Waals surface area (Å²) in [5.41, 5.74) is 2.60. The van der Waals surface area contributed by atoms with Gasteiger partial charge in [-0.3, -0.25) is 0 Å². The molecule has 27 heavy (non-hydrogen) atoms. The molecule has 2 aromatic rings. The van der Waals surface area contributed by atoms with E-state index in [1.54, 1.807) is 16.2 Å². The quantitative estimate of drug-likeness (QED) is 0.466. The third-order valence-corrected chi connectivity index (χ3v) is 6.22. The molecule has 3 rings (SSSR count). The molecule has 1 aliphatic heterocycles. The minimum absolute atomic E-state index is 0.0979. The summed E-state index contributed by atoms with van der Waals surface area (Å²) < 4.78 is 5.41. The third kappa shape index (κ3) is 6.28. The maximum absolute atomic E-state index is 5.58. The van der Waals surface area contributed by atoms with Gasteiger partial charge in [-0.1, -0.05) is 37.3 Å². The number of hydrogen-bond donors (Lipinski definition) is 3. The van der Waals surface area contributed by atoms with Gasteiger partial charge in [0.25, 0.3) is 0 Å². The summed E-state index contributed by atoms with van der Waals surface area (Å²) in [6, 6.07) is 13.2. The van der Waals surface area contributed by atoms with E-state index in [-0.39, 0.29) is 6.04 Å². The zero-order chi connectivity index (χ0) is 18.9. The van der Waals surface area contributed by atoms with Gasteiger partial charge in [-0.05, 0) is 41.2 Å². The summed E-state index contributed by atoms with van der Waals surface area (Å²) >= 11 is 7.34. The number of hydrogen-bond acceptors (Lipinski definition) is 3. The molecule has 0 aliphatic carbocycles. The number of thiocarbonyl (C=S) groups is 1. The molecule has 0 amide bonds. The largest absolute Gasteiger partial charge is 0.370 e. The van der Waals surface area contributed by atoms with Gasteiger partial charge in [-0.2, -0.15) is 0 Å². The van der Waals surface area contributed by atoms with E-state index in [0.29, 0.717) is 0 Å². The van der Waals surface area contributed by atoms with Gasteiger partial charge in [-0.25, -0.2) is 0 Å². The molecule has 1 fully saturated rings. The molecule has 1 aromatic carbocycles. The van der Waals surface area contributed by atoms with Crippen LogP contribution in [0.2, 0.25) is 0 Å². The fourth-order valence-corrected chi connectivity index (χ4v) is 4.37. The van der Waals surface area contributed by atoms with Gasteiger partial charge in [-0.15, -0.1) is 11.3 Å². The summed E-state index contributed by atoms with van der Waals surface area (Å²) in [6.45, 7) is 8.29. The molecule has 3 N–H and O–H groups in total. The summed E-state index contributed by atoms with van der Waals surface area (Å²) in [7, 11) is 0. The molecule has 0 bridgehead atoms. The number of thiophene rings is 1. The van der Waals surface area contributed by atoms with E-state index in [4.69, 9.17) is 17.0 Å². The number of morpholine rings is 1. The van der Waals surface area contributed by atoms with E-state index in [2.05, 4.69) is 59.3 Å². The molecule has 0 saturated carbocycles. The molecule has 1 aliphatic rings. The van der Waals surface area contributed by atoms with Crippen molar-refractivity contribution in [2.75, 3.05) is 39.4 Å². The Bertz CT molecular complexity index is 682. The Morgan fingerprint density at radius 3 is 2.67 bits per heavy atom. The molecule has 0 radical (unpaired) electrons.